The third-order valence-electron chi connectivity index (χ3n) is 5.41. The number of nitrogen functional groups attached to an aromatic ring is 1. The molecule has 3 atom stereocenters. The van der Waals surface area contributed by atoms with Crippen molar-refractivity contribution in [3.63, 3.8) is 0 Å². The van der Waals surface area contributed by atoms with Gasteiger partial charge < -0.3 is 36.5 Å². The summed E-state index contributed by atoms with van der Waals surface area (Å²) < 4.78 is 11.3. The molecule has 0 fully saturated rings. The van der Waals surface area contributed by atoms with Crippen molar-refractivity contribution in [2.45, 2.75) is 105 Å². The summed E-state index contributed by atoms with van der Waals surface area (Å²) in [5, 5.41) is 10.8. The predicted molar refractivity (Wildman–Crippen MR) is 157 cm³/mol. The van der Waals surface area contributed by atoms with Crippen molar-refractivity contribution in [1.82, 2.24) is 16.0 Å². The van der Waals surface area contributed by atoms with Crippen LogP contribution in [0.1, 0.15) is 75.7 Å². The molecule has 0 saturated heterocycles. The molecule has 0 aliphatic carbocycles. The molecule has 6 N–H and O–H groups in total. The van der Waals surface area contributed by atoms with Gasteiger partial charge in [-0.3, -0.25) is 9.59 Å². The molecule has 0 spiro atoms. The van der Waals surface area contributed by atoms with Crippen molar-refractivity contribution in [1.29, 1.82) is 0 Å². The molecule has 0 aromatic heterocycles. The maximum atomic E-state index is 13.4. The number of carbonyl (C=O) groups excluding carboxylic acids is 4. The molecule has 4 amide bonds. The second kappa shape index (κ2) is 14.9. The number of urea groups is 1. The summed E-state index contributed by atoms with van der Waals surface area (Å²) in [6.07, 6.45) is 0.305. The molecular formula is C29H49N5O6. The van der Waals surface area contributed by atoms with Gasteiger partial charge >= 0.3 is 12.0 Å². The molecule has 0 bridgehead atoms. The highest BCUT2D eigenvalue weighted by molar-refractivity contribution is 5.96. The molecule has 0 heterocycles. The smallest absolute Gasteiger partial charge is 0.329 e. The van der Waals surface area contributed by atoms with Crippen LogP contribution in [0.4, 0.5) is 16.2 Å². The van der Waals surface area contributed by atoms with Crippen molar-refractivity contribution in [2.24, 2.45) is 11.8 Å². The first-order chi connectivity index (χ1) is 18.3. The summed E-state index contributed by atoms with van der Waals surface area (Å²) in [7, 11) is 0. The van der Waals surface area contributed by atoms with Crippen LogP contribution in [0, 0.1) is 11.8 Å². The van der Waals surface area contributed by atoms with Crippen LogP contribution in [0.2, 0.25) is 0 Å². The molecular weight excluding hydrogens is 514 g/mol. The first-order valence-electron chi connectivity index (χ1n) is 13.7. The summed E-state index contributed by atoms with van der Waals surface area (Å²) in [4.78, 5) is 52.3. The van der Waals surface area contributed by atoms with Crippen LogP contribution in [0.15, 0.2) is 24.3 Å². The van der Waals surface area contributed by atoms with Crippen molar-refractivity contribution in [2.75, 3.05) is 17.7 Å². The Morgan fingerprint density at radius 1 is 0.850 bits per heavy atom. The zero-order valence-electron chi connectivity index (χ0n) is 25.6. The van der Waals surface area contributed by atoms with E-state index in [-0.39, 0.29) is 18.4 Å². The number of amides is 4. The number of nitrogens with two attached hydrogens (primary N) is 1. The van der Waals surface area contributed by atoms with E-state index in [4.69, 9.17) is 15.2 Å². The number of nitrogens with one attached hydrogen (secondary N) is 4. The quantitative estimate of drug-likeness (QED) is 0.192. The highest BCUT2D eigenvalue weighted by Gasteiger charge is 2.34. The largest absolute Gasteiger partial charge is 0.458 e. The normalized spacial score (nSPS) is 14.2. The number of ether oxygens (including phenoxy) is 2. The number of hydrogen-bond donors (Lipinski definition) is 5. The molecule has 11 nitrogen and oxygen atoms in total. The SMILES string of the molecule is CC(C)C[C@H](NC(=O)[C@H](COC(C)(C)C)NC(=O)Nc1cccc(N)c1)C(=O)N[C@H](C(=O)OC(C)(C)C)C(C)C. The minimum atomic E-state index is -1.12. The zero-order chi connectivity index (χ0) is 30.8. The van der Waals surface area contributed by atoms with Crippen LogP contribution in [0.3, 0.4) is 0 Å². The summed E-state index contributed by atoms with van der Waals surface area (Å²) in [5.41, 5.74) is 5.39. The van der Waals surface area contributed by atoms with Crippen LogP contribution in [-0.4, -0.2) is 59.7 Å². The van der Waals surface area contributed by atoms with E-state index in [1.807, 2.05) is 34.6 Å². The van der Waals surface area contributed by atoms with Crippen molar-refractivity contribution in [3.05, 3.63) is 24.3 Å². The van der Waals surface area contributed by atoms with E-state index in [1.54, 1.807) is 58.9 Å². The molecule has 0 unspecified atom stereocenters. The second-order valence-corrected chi connectivity index (χ2v) is 12.7. The van der Waals surface area contributed by atoms with Gasteiger partial charge in [-0.2, -0.15) is 0 Å². The number of carbonyl (C=O) groups is 4. The Balaban J connectivity index is 3.10. The van der Waals surface area contributed by atoms with Crippen LogP contribution < -0.4 is 27.0 Å². The summed E-state index contributed by atoms with van der Waals surface area (Å²) in [5.74, 6) is -1.89. The Morgan fingerprint density at radius 2 is 1.45 bits per heavy atom. The monoisotopic (exact) mass is 563 g/mol. The maximum absolute atomic E-state index is 13.4. The third-order valence-corrected chi connectivity index (χ3v) is 5.41. The lowest BCUT2D eigenvalue weighted by atomic mass is 10.00. The lowest BCUT2D eigenvalue weighted by Crippen LogP contribution is -2.58. The number of esters is 1. The fourth-order valence-corrected chi connectivity index (χ4v) is 3.55. The van der Waals surface area contributed by atoms with E-state index in [1.165, 1.54) is 0 Å². The van der Waals surface area contributed by atoms with E-state index in [2.05, 4.69) is 21.3 Å². The van der Waals surface area contributed by atoms with Crippen molar-refractivity contribution >= 4 is 35.2 Å². The fourth-order valence-electron chi connectivity index (χ4n) is 3.55. The summed E-state index contributed by atoms with van der Waals surface area (Å²) in [6.45, 7) is 18.0. The van der Waals surface area contributed by atoms with Gasteiger partial charge in [0.2, 0.25) is 11.8 Å². The minimum absolute atomic E-state index is 0.0409. The third kappa shape index (κ3) is 13.6. The lowest BCUT2D eigenvalue weighted by molar-refractivity contribution is -0.160. The minimum Gasteiger partial charge on any atom is -0.458 e. The number of anilines is 2. The predicted octanol–water partition coefficient (Wildman–Crippen LogP) is 3.59. The molecule has 1 rings (SSSR count). The second-order valence-electron chi connectivity index (χ2n) is 12.7. The van der Waals surface area contributed by atoms with E-state index >= 15 is 0 Å². The maximum Gasteiger partial charge on any atom is 0.329 e. The van der Waals surface area contributed by atoms with Gasteiger partial charge in [-0.05, 0) is 78.0 Å². The standard InChI is InChI=1S/C29H49N5O6/c1-17(2)14-21(24(35)34-23(18(3)4)26(37)40-29(8,9)10)32-25(36)22(16-39-28(5,6)7)33-27(38)31-20-13-11-12-19(30)15-20/h11-13,15,17-18,21-23H,14,16,30H2,1-10H3,(H,32,36)(H,34,35)(H2,31,33,38)/t21-,22-,23-/m0/s1. The topological polar surface area (TPSA) is 161 Å². The Morgan fingerprint density at radius 3 is 1.95 bits per heavy atom. The average molecular weight is 564 g/mol. The lowest BCUT2D eigenvalue weighted by Gasteiger charge is -2.29. The zero-order valence-corrected chi connectivity index (χ0v) is 25.6. The molecule has 1 aromatic rings. The molecule has 11 heteroatoms. The highest BCUT2D eigenvalue weighted by atomic mass is 16.6. The average Bonchev–Trinajstić information content (AvgIpc) is 2.77. The molecule has 40 heavy (non-hydrogen) atoms. The molecule has 1 aromatic carbocycles. The molecule has 0 aliphatic heterocycles. The van der Waals surface area contributed by atoms with Gasteiger partial charge in [-0.25, -0.2) is 9.59 Å². The van der Waals surface area contributed by atoms with Crippen LogP contribution in [0.25, 0.3) is 0 Å². The van der Waals surface area contributed by atoms with Gasteiger partial charge in [0.15, 0.2) is 0 Å². The molecule has 0 radical (unpaired) electrons. The molecule has 226 valence electrons. The summed E-state index contributed by atoms with van der Waals surface area (Å²) >= 11 is 0. The number of hydrogen-bond acceptors (Lipinski definition) is 7. The first-order valence-corrected chi connectivity index (χ1v) is 13.7. The first kappa shape index (κ1) is 34.7. The van der Waals surface area contributed by atoms with Gasteiger partial charge in [-0.1, -0.05) is 33.8 Å². The Kier molecular flexibility index (Phi) is 12.9. The van der Waals surface area contributed by atoms with Crippen LogP contribution in [0.5, 0.6) is 0 Å². The van der Waals surface area contributed by atoms with E-state index in [0.29, 0.717) is 17.8 Å². The van der Waals surface area contributed by atoms with E-state index < -0.39 is 53.1 Å². The van der Waals surface area contributed by atoms with Crippen molar-refractivity contribution < 1.29 is 28.7 Å². The van der Waals surface area contributed by atoms with Crippen LogP contribution >= 0.6 is 0 Å². The Bertz CT molecular complexity index is 1010. The van der Waals surface area contributed by atoms with Gasteiger partial charge in [0.1, 0.15) is 23.7 Å². The Hall–Kier alpha value is -3.34. The van der Waals surface area contributed by atoms with Gasteiger partial charge in [0.05, 0.1) is 12.2 Å². The fraction of sp³-hybridized carbons (Fsp3) is 0.655. The number of benzene rings is 1. The van der Waals surface area contributed by atoms with Gasteiger partial charge in [-0.15, -0.1) is 0 Å². The Labute approximate surface area is 238 Å². The van der Waals surface area contributed by atoms with Crippen molar-refractivity contribution in [3.8, 4) is 0 Å². The molecule has 0 aliphatic rings. The van der Waals surface area contributed by atoms with Gasteiger partial charge in [0, 0.05) is 11.4 Å². The van der Waals surface area contributed by atoms with E-state index in [0.717, 1.165) is 0 Å². The number of rotatable bonds is 12. The van der Waals surface area contributed by atoms with E-state index in [9.17, 15) is 19.2 Å². The summed E-state index contributed by atoms with van der Waals surface area (Å²) in [6, 6.07) is 2.99. The highest BCUT2D eigenvalue weighted by Crippen LogP contribution is 2.15. The van der Waals surface area contributed by atoms with Gasteiger partial charge in [0.25, 0.3) is 0 Å². The molecule has 0 saturated carbocycles. The van der Waals surface area contributed by atoms with Crippen LogP contribution in [-0.2, 0) is 23.9 Å².